The van der Waals surface area contributed by atoms with E-state index in [1.165, 1.54) is 12.1 Å². The third kappa shape index (κ3) is 3.47. The highest BCUT2D eigenvalue weighted by molar-refractivity contribution is 5.90. The van der Waals surface area contributed by atoms with Crippen molar-refractivity contribution in [3.8, 4) is 0 Å². The van der Waals surface area contributed by atoms with E-state index in [9.17, 15) is 9.59 Å². The standard InChI is InChI=1S/C15H17N3O3/c1-8(2)14-17-12(7-13(19)18-14)16-10-4-5-11(15(20)21)9(3)6-10/h4-8H,1-3H3,(H,20,21)(H2,16,17,18,19). The smallest absolute Gasteiger partial charge is 0.335 e. The maximum Gasteiger partial charge on any atom is 0.335 e. The summed E-state index contributed by atoms with van der Waals surface area (Å²) in [5.74, 6) is 0.180. The minimum Gasteiger partial charge on any atom is -0.478 e. The fourth-order valence-corrected chi connectivity index (χ4v) is 1.94. The van der Waals surface area contributed by atoms with Gasteiger partial charge in [0.25, 0.3) is 5.56 Å². The minimum absolute atomic E-state index is 0.107. The molecule has 0 radical (unpaired) electrons. The summed E-state index contributed by atoms with van der Waals surface area (Å²) in [6.45, 7) is 5.60. The predicted octanol–water partition coefficient (Wildman–Crippen LogP) is 2.64. The molecule has 1 aromatic heterocycles. The van der Waals surface area contributed by atoms with Gasteiger partial charge in [0.2, 0.25) is 0 Å². The van der Waals surface area contributed by atoms with Crippen LogP contribution in [0.4, 0.5) is 11.5 Å². The van der Waals surface area contributed by atoms with E-state index in [2.05, 4.69) is 15.3 Å². The molecular formula is C15H17N3O3. The van der Waals surface area contributed by atoms with E-state index in [4.69, 9.17) is 5.11 Å². The van der Waals surface area contributed by atoms with Gasteiger partial charge in [0.1, 0.15) is 11.6 Å². The van der Waals surface area contributed by atoms with E-state index >= 15 is 0 Å². The molecule has 0 unspecified atom stereocenters. The molecule has 0 aliphatic carbocycles. The summed E-state index contributed by atoms with van der Waals surface area (Å²) >= 11 is 0. The normalized spacial score (nSPS) is 10.7. The zero-order valence-electron chi connectivity index (χ0n) is 12.1. The van der Waals surface area contributed by atoms with Crippen LogP contribution in [0, 0.1) is 6.92 Å². The number of nitrogens with zero attached hydrogens (tertiary/aromatic N) is 1. The second-order valence-corrected chi connectivity index (χ2v) is 5.13. The van der Waals surface area contributed by atoms with Crippen LogP contribution < -0.4 is 10.9 Å². The number of H-pyrrole nitrogens is 1. The highest BCUT2D eigenvalue weighted by Crippen LogP contribution is 2.19. The summed E-state index contributed by atoms with van der Waals surface area (Å²) in [4.78, 5) is 29.6. The summed E-state index contributed by atoms with van der Waals surface area (Å²) in [7, 11) is 0. The number of hydrogen-bond donors (Lipinski definition) is 3. The van der Waals surface area contributed by atoms with Crippen molar-refractivity contribution in [1.29, 1.82) is 0 Å². The van der Waals surface area contributed by atoms with E-state index < -0.39 is 5.97 Å². The lowest BCUT2D eigenvalue weighted by Crippen LogP contribution is -2.13. The molecule has 6 heteroatoms. The second kappa shape index (κ2) is 5.78. The Hall–Kier alpha value is -2.63. The number of benzene rings is 1. The summed E-state index contributed by atoms with van der Waals surface area (Å²) in [6.07, 6.45) is 0. The number of carboxylic acids is 1. The number of aromatic carboxylic acids is 1. The Morgan fingerprint density at radius 3 is 2.62 bits per heavy atom. The van der Waals surface area contributed by atoms with Crippen LogP contribution in [0.15, 0.2) is 29.1 Å². The molecule has 2 aromatic rings. The highest BCUT2D eigenvalue weighted by atomic mass is 16.4. The molecule has 0 aliphatic heterocycles. The van der Waals surface area contributed by atoms with Crippen molar-refractivity contribution in [3.05, 3.63) is 51.6 Å². The van der Waals surface area contributed by atoms with Gasteiger partial charge >= 0.3 is 5.97 Å². The summed E-state index contributed by atoms with van der Waals surface area (Å²) in [5.41, 5.74) is 1.35. The first-order valence-electron chi connectivity index (χ1n) is 6.59. The number of aromatic amines is 1. The molecule has 6 nitrogen and oxygen atoms in total. The largest absolute Gasteiger partial charge is 0.478 e. The van der Waals surface area contributed by atoms with Crippen LogP contribution >= 0.6 is 0 Å². The first-order chi connectivity index (χ1) is 9.86. The molecule has 21 heavy (non-hydrogen) atoms. The topological polar surface area (TPSA) is 95.1 Å². The van der Waals surface area contributed by atoms with Crippen molar-refractivity contribution in [2.45, 2.75) is 26.7 Å². The van der Waals surface area contributed by atoms with Crippen LogP contribution in [0.3, 0.4) is 0 Å². The highest BCUT2D eigenvalue weighted by Gasteiger charge is 2.09. The monoisotopic (exact) mass is 287 g/mol. The Balaban J connectivity index is 2.32. The molecule has 3 N–H and O–H groups in total. The lowest BCUT2D eigenvalue weighted by atomic mass is 10.1. The summed E-state index contributed by atoms with van der Waals surface area (Å²) in [6, 6.07) is 6.25. The number of aryl methyl sites for hydroxylation is 1. The van der Waals surface area contributed by atoms with Gasteiger partial charge in [-0.05, 0) is 30.7 Å². The van der Waals surface area contributed by atoms with Crippen LogP contribution in [0.25, 0.3) is 0 Å². The Morgan fingerprint density at radius 1 is 1.33 bits per heavy atom. The number of hydrogen-bond acceptors (Lipinski definition) is 4. The van der Waals surface area contributed by atoms with Crippen molar-refractivity contribution < 1.29 is 9.90 Å². The van der Waals surface area contributed by atoms with Crippen LogP contribution in [-0.4, -0.2) is 21.0 Å². The van der Waals surface area contributed by atoms with Gasteiger partial charge in [-0.2, -0.15) is 0 Å². The Bertz CT molecular complexity index is 735. The summed E-state index contributed by atoms with van der Waals surface area (Å²) in [5, 5.41) is 12.0. The van der Waals surface area contributed by atoms with E-state index in [0.29, 0.717) is 22.9 Å². The molecule has 0 saturated carbocycles. The Morgan fingerprint density at radius 2 is 2.05 bits per heavy atom. The number of carbonyl (C=O) groups is 1. The molecule has 0 amide bonds. The number of rotatable bonds is 4. The molecule has 0 aliphatic rings. The molecule has 0 atom stereocenters. The quantitative estimate of drug-likeness (QED) is 0.803. The fourth-order valence-electron chi connectivity index (χ4n) is 1.94. The van der Waals surface area contributed by atoms with E-state index in [1.54, 1.807) is 19.1 Å². The van der Waals surface area contributed by atoms with Gasteiger partial charge in [0.05, 0.1) is 5.56 Å². The van der Waals surface area contributed by atoms with Crippen LogP contribution in [0.5, 0.6) is 0 Å². The first kappa shape index (κ1) is 14.8. The zero-order valence-corrected chi connectivity index (χ0v) is 12.1. The molecule has 0 spiro atoms. The molecule has 0 fully saturated rings. The van der Waals surface area contributed by atoms with E-state index in [-0.39, 0.29) is 17.0 Å². The van der Waals surface area contributed by atoms with Gasteiger partial charge in [-0.1, -0.05) is 13.8 Å². The molecule has 2 rings (SSSR count). The number of nitrogens with one attached hydrogen (secondary N) is 2. The minimum atomic E-state index is -0.963. The fraction of sp³-hybridized carbons (Fsp3) is 0.267. The third-order valence-electron chi connectivity index (χ3n) is 3.04. The van der Waals surface area contributed by atoms with Gasteiger partial charge in [-0.25, -0.2) is 9.78 Å². The van der Waals surface area contributed by atoms with Gasteiger partial charge in [0.15, 0.2) is 0 Å². The van der Waals surface area contributed by atoms with E-state index in [1.807, 2.05) is 13.8 Å². The van der Waals surface area contributed by atoms with Crippen molar-refractivity contribution in [2.24, 2.45) is 0 Å². The van der Waals surface area contributed by atoms with Gasteiger partial charge in [-0.3, -0.25) is 4.79 Å². The van der Waals surface area contributed by atoms with Crippen molar-refractivity contribution in [3.63, 3.8) is 0 Å². The second-order valence-electron chi connectivity index (χ2n) is 5.13. The lowest BCUT2D eigenvalue weighted by molar-refractivity contribution is 0.0696. The van der Waals surface area contributed by atoms with Crippen LogP contribution in [-0.2, 0) is 0 Å². The van der Waals surface area contributed by atoms with Crippen LogP contribution in [0.2, 0.25) is 0 Å². The molecule has 1 heterocycles. The molecule has 0 bridgehead atoms. The molecule has 110 valence electrons. The Labute approximate surface area is 121 Å². The number of carboxylic acid groups (broad SMARTS) is 1. The SMILES string of the molecule is Cc1cc(Nc2cc(=O)[nH]c(C(C)C)n2)ccc1C(=O)O. The van der Waals surface area contributed by atoms with Crippen LogP contribution in [0.1, 0.15) is 41.5 Å². The number of aromatic nitrogens is 2. The average molecular weight is 287 g/mol. The van der Waals surface area contributed by atoms with Gasteiger partial charge in [0, 0.05) is 17.7 Å². The lowest BCUT2D eigenvalue weighted by Gasteiger charge is -2.10. The molecular weight excluding hydrogens is 270 g/mol. The maximum atomic E-state index is 11.6. The van der Waals surface area contributed by atoms with Gasteiger partial charge in [-0.15, -0.1) is 0 Å². The predicted molar refractivity (Wildman–Crippen MR) is 80.4 cm³/mol. The van der Waals surface area contributed by atoms with E-state index in [0.717, 1.165) is 0 Å². The zero-order chi connectivity index (χ0) is 15.6. The van der Waals surface area contributed by atoms with Gasteiger partial charge < -0.3 is 15.4 Å². The average Bonchev–Trinajstić information content (AvgIpc) is 2.37. The third-order valence-corrected chi connectivity index (χ3v) is 3.04. The van der Waals surface area contributed by atoms with Crippen molar-refractivity contribution >= 4 is 17.5 Å². The number of anilines is 2. The Kier molecular flexibility index (Phi) is 4.07. The van der Waals surface area contributed by atoms with Crippen molar-refractivity contribution in [1.82, 2.24) is 9.97 Å². The molecule has 0 saturated heterocycles. The van der Waals surface area contributed by atoms with Crippen molar-refractivity contribution in [2.75, 3.05) is 5.32 Å². The maximum absolute atomic E-state index is 11.6. The first-order valence-corrected chi connectivity index (χ1v) is 6.59. The summed E-state index contributed by atoms with van der Waals surface area (Å²) < 4.78 is 0. The molecule has 1 aromatic carbocycles.